The highest BCUT2D eigenvalue weighted by Gasteiger charge is 2.35. The van der Waals surface area contributed by atoms with Crippen LogP contribution in [-0.2, 0) is 8.98 Å². The maximum atomic E-state index is 12.4. The van der Waals surface area contributed by atoms with Crippen molar-refractivity contribution in [1.82, 2.24) is 0 Å². The van der Waals surface area contributed by atoms with Crippen LogP contribution in [0.2, 0.25) is 0 Å². The molecule has 3 aromatic carbocycles. The van der Waals surface area contributed by atoms with Crippen LogP contribution in [0.5, 0.6) is 17.2 Å². The number of carbonyl (C=O) groups excluding carboxylic acids is 1. The summed E-state index contributed by atoms with van der Waals surface area (Å²) in [6.45, 7) is 9.03. The van der Waals surface area contributed by atoms with Gasteiger partial charge in [-0.05, 0) is 104 Å². The molecule has 0 aliphatic heterocycles. The van der Waals surface area contributed by atoms with Crippen molar-refractivity contribution in [2.24, 2.45) is 0 Å². The number of benzene rings is 3. The first kappa shape index (κ1) is 23.5. The number of hydrogen-bond acceptors (Lipinski definition) is 5. The van der Waals surface area contributed by atoms with Gasteiger partial charge in [0, 0.05) is 21.6 Å². The van der Waals surface area contributed by atoms with Crippen molar-refractivity contribution in [3.05, 3.63) is 72.8 Å². The number of carbonyl (C=O) groups is 1. The highest BCUT2D eigenvalue weighted by Crippen LogP contribution is 2.69. The maximum absolute atomic E-state index is 12.4. The average molecular weight is 455 g/mol. The highest BCUT2D eigenvalue weighted by atomic mass is 32.3. The van der Waals surface area contributed by atoms with Crippen molar-refractivity contribution in [3.63, 3.8) is 0 Å². The lowest BCUT2D eigenvalue weighted by Crippen LogP contribution is -2.11. The van der Waals surface area contributed by atoms with Crippen LogP contribution >= 0.6 is 10.3 Å². The molecule has 0 atom stereocenters. The fourth-order valence-corrected chi connectivity index (χ4v) is 6.43. The molecule has 0 heterocycles. The van der Waals surface area contributed by atoms with E-state index in [1.54, 1.807) is 0 Å². The molecule has 3 rings (SSSR count). The predicted molar refractivity (Wildman–Crippen MR) is 127 cm³/mol. The van der Waals surface area contributed by atoms with Gasteiger partial charge in [-0.1, -0.05) is 0 Å². The maximum Gasteiger partial charge on any atom is 0.313 e. The molecular formula is C26H30O5S. The molecule has 6 heteroatoms. The van der Waals surface area contributed by atoms with Crippen LogP contribution < -0.4 is 14.2 Å². The second-order valence-corrected chi connectivity index (χ2v) is 9.54. The molecule has 5 nitrogen and oxygen atoms in total. The van der Waals surface area contributed by atoms with E-state index in [1.165, 1.54) is 6.92 Å². The molecule has 0 radical (unpaired) electrons. The van der Waals surface area contributed by atoms with Crippen LogP contribution in [0, 0.1) is 0 Å². The first-order chi connectivity index (χ1) is 15.5. The molecule has 0 unspecified atom stereocenters. The Balaban J connectivity index is 2.20. The van der Waals surface area contributed by atoms with E-state index in [0.29, 0.717) is 19.8 Å². The number of hydrogen-bond donors (Lipinski definition) is 0. The molecule has 0 aliphatic rings. The predicted octanol–water partition coefficient (Wildman–Crippen LogP) is 6.64. The van der Waals surface area contributed by atoms with Crippen LogP contribution in [0.3, 0.4) is 0 Å². The van der Waals surface area contributed by atoms with Crippen LogP contribution in [0.15, 0.2) is 87.5 Å². The Labute approximate surface area is 191 Å². The first-order valence-electron chi connectivity index (χ1n) is 10.8. The smallest absolute Gasteiger partial charge is 0.313 e. The van der Waals surface area contributed by atoms with Gasteiger partial charge >= 0.3 is 5.97 Å². The molecule has 0 bridgehead atoms. The van der Waals surface area contributed by atoms with Gasteiger partial charge in [-0.15, -0.1) is 0 Å². The summed E-state index contributed by atoms with van der Waals surface area (Å²) >= 11 is 0. The summed E-state index contributed by atoms with van der Waals surface area (Å²) in [5, 5.41) is 0. The average Bonchev–Trinajstić information content (AvgIpc) is 2.80. The van der Waals surface area contributed by atoms with E-state index < -0.39 is 10.3 Å². The summed E-state index contributed by atoms with van der Waals surface area (Å²) in [6.07, 6.45) is 0. The van der Waals surface area contributed by atoms with E-state index in [1.807, 2.05) is 93.6 Å². The van der Waals surface area contributed by atoms with E-state index >= 15 is 0 Å². The third-order valence-electron chi connectivity index (χ3n) is 4.64. The van der Waals surface area contributed by atoms with E-state index in [0.717, 1.165) is 31.9 Å². The SMILES string of the molecule is CCOc1ccc(S(OC(C)=O)(c2ccc(OCC)cc2)c2ccc(OCC)cc2)cc1. The third kappa shape index (κ3) is 5.19. The molecule has 0 saturated carbocycles. The van der Waals surface area contributed by atoms with Crippen molar-refractivity contribution in [2.45, 2.75) is 42.4 Å². The first-order valence-corrected chi connectivity index (χ1v) is 12.3. The summed E-state index contributed by atoms with van der Waals surface area (Å²) in [5.41, 5.74) is 0. The highest BCUT2D eigenvalue weighted by molar-refractivity contribution is 8.30. The molecule has 0 fully saturated rings. The lowest BCUT2D eigenvalue weighted by molar-refractivity contribution is -0.131. The summed E-state index contributed by atoms with van der Waals surface area (Å²) in [7, 11) is -2.34. The molecule has 0 amide bonds. The molecule has 3 aromatic rings. The van der Waals surface area contributed by atoms with Gasteiger partial charge in [0.15, 0.2) is 0 Å². The van der Waals surface area contributed by atoms with Crippen LogP contribution in [0.4, 0.5) is 0 Å². The van der Waals surface area contributed by atoms with Gasteiger partial charge < -0.3 is 18.4 Å². The van der Waals surface area contributed by atoms with Crippen molar-refractivity contribution in [1.29, 1.82) is 0 Å². The fraction of sp³-hybridized carbons (Fsp3) is 0.269. The Morgan fingerprint density at radius 3 is 1.09 bits per heavy atom. The second kappa shape index (κ2) is 11.0. The molecule has 32 heavy (non-hydrogen) atoms. The van der Waals surface area contributed by atoms with Gasteiger partial charge in [0.25, 0.3) is 0 Å². The minimum Gasteiger partial charge on any atom is -0.494 e. The summed E-state index contributed by atoms with van der Waals surface area (Å²) in [5.74, 6) is 1.96. The van der Waals surface area contributed by atoms with E-state index in [4.69, 9.17) is 18.4 Å². The third-order valence-corrected chi connectivity index (χ3v) is 7.94. The van der Waals surface area contributed by atoms with Gasteiger partial charge in [0.2, 0.25) is 0 Å². The Bertz CT molecular complexity index is 877. The zero-order valence-electron chi connectivity index (χ0n) is 19.0. The van der Waals surface area contributed by atoms with E-state index in [2.05, 4.69) is 0 Å². The van der Waals surface area contributed by atoms with Gasteiger partial charge in [-0.25, -0.2) is 0 Å². The number of rotatable bonds is 10. The van der Waals surface area contributed by atoms with E-state index in [-0.39, 0.29) is 5.97 Å². The largest absolute Gasteiger partial charge is 0.494 e. The molecular weight excluding hydrogens is 424 g/mol. The monoisotopic (exact) mass is 454 g/mol. The lowest BCUT2D eigenvalue weighted by atomic mass is 10.3. The fourth-order valence-electron chi connectivity index (χ4n) is 3.41. The minimum atomic E-state index is -2.34. The molecule has 0 aromatic heterocycles. The van der Waals surface area contributed by atoms with Crippen LogP contribution in [-0.4, -0.2) is 25.8 Å². The molecule has 0 N–H and O–H groups in total. The molecule has 0 saturated heterocycles. The van der Waals surface area contributed by atoms with Gasteiger partial charge in [-0.2, -0.15) is 0 Å². The van der Waals surface area contributed by atoms with Crippen LogP contribution in [0.25, 0.3) is 0 Å². The van der Waals surface area contributed by atoms with Crippen LogP contribution in [0.1, 0.15) is 27.7 Å². The second-order valence-electron chi connectivity index (χ2n) is 6.84. The van der Waals surface area contributed by atoms with Crippen molar-refractivity contribution in [2.75, 3.05) is 19.8 Å². The normalized spacial score (nSPS) is 11.5. The van der Waals surface area contributed by atoms with Gasteiger partial charge in [0.1, 0.15) is 17.2 Å². The van der Waals surface area contributed by atoms with Crippen molar-refractivity contribution < 1.29 is 23.2 Å². The molecule has 0 aliphatic carbocycles. The topological polar surface area (TPSA) is 54.0 Å². The zero-order chi connectivity index (χ0) is 23.0. The Morgan fingerprint density at radius 1 is 0.594 bits per heavy atom. The summed E-state index contributed by atoms with van der Waals surface area (Å²) in [6, 6.07) is 23.3. The minimum absolute atomic E-state index is 0.350. The molecule has 170 valence electrons. The lowest BCUT2D eigenvalue weighted by Gasteiger charge is -2.39. The quantitative estimate of drug-likeness (QED) is 0.344. The van der Waals surface area contributed by atoms with Gasteiger partial charge in [0.05, 0.1) is 19.8 Å². The summed E-state index contributed by atoms with van der Waals surface area (Å²) < 4.78 is 23.1. The zero-order valence-corrected chi connectivity index (χ0v) is 19.8. The number of ether oxygens (including phenoxy) is 3. The van der Waals surface area contributed by atoms with Crippen molar-refractivity contribution in [3.8, 4) is 17.2 Å². The van der Waals surface area contributed by atoms with E-state index in [9.17, 15) is 4.79 Å². The Morgan fingerprint density at radius 2 is 0.875 bits per heavy atom. The Kier molecular flexibility index (Phi) is 8.06. The summed E-state index contributed by atoms with van der Waals surface area (Å²) in [4.78, 5) is 15.1. The molecule has 0 spiro atoms. The van der Waals surface area contributed by atoms with Crippen molar-refractivity contribution >= 4 is 16.3 Å². The Hall–Kier alpha value is -3.12. The van der Waals surface area contributed by atoms with Gasteiger partial charge in [-0.3, -0.25) is 4.79 Å². The standard InChI is InChI=1S/C26H30O5S/c1-5-28-21-8-14-24(15-9-21)32(31-20(4)27,25-16-10-22(11-17-25)29-6-2)26-18-12-23(13-19-26)30-7-3/h8-19H,5-7H2,1-4H3.